The number of nitrogens with one attached hydrogen (secondary N) is 1. The Hall–Kier alpha value is -3.55. The SMILES string of the molecule is COc1ccc(Oc2cc(CNC(=O)N(C)Cc3cc(C)on3)ccn2)cc1. The molecule has 0 bridgehead atoms. The average molecular weight is 382 g/mol. The number of methoxy groups -OCH3 is 1. The number of rotatable bonds is 7. The Labute approximate surface area is 163 Å². The molecule has 0 unspecified atom stereocenters. The molecule has 1 N–H and O–H groups in total. The predicted molar refractivity (Wildman–Crippen MR) is 102 cm³/mol. The number of hydrogen-bond donors (Lipinski definition) is 1. The number of urea groups is 1. The minimum absolute atomic E-state index is 0.213. The summed E-state index contributed by atoms with van der Waals surface area (Å²) >= 11 is 0. The Morgan fingerprint density at radius 2 is 1.93 bits per heavy atom. The van der Waals surface area contributed by atoms with Gasteiger partial charge in [-0.15, -0.1) is 0 Å². The van der Waals surface area contributed by atoms with Crippen molar-refractivity contribution in [2.24, 2.45) is 0 Å². The summed E-state index contributed by atoms with van der Waals surface area (Å²) in [4.78, 5) is 18.0. The van der Waals surface area contributed by atoms with Crippen molar-refractivity contribution in [3.63, 3.8) is 0 Å². The lowest BCUT2D eigenvalue weighted by atomic mass is 10.2. The molecule has 3 aromatic rings. The first kappa shape index (κ1) is 19.2. The monoisotopic (exact) mass is 382 g/mol. The molecule has 2 amide bonds. The van der Waals surface area contributed by atoms with Gasteiger partial charge in [-0.3, -0.25) is 0 Å². The Kier molecular flexibility index (Phi) is 6.11. The van der Waals surface area contributed by atoms with Crippen LogP contribution >= 0.6 is 0 Å². The van der Waals surface area contributed by atoms with E-state index in [2.05, 4.69) is 15.5 Å². The molecule has 0 fully saturated rings. The highest BCUT2D eigenvalue weighted by Gasteiger charge is 2.11. The fourth-order valence-electron chi connectivity index (χ4n) is 2.50. The van der Waals surface area contributed by atoms with Gasteiger partial charge in [-0.2, -0.15) is 0 Å². The Morgan fingerprint density at radius 1 is 1.18 bits per heavy atom. The van der Waals surface area contributed by atoms with Crippen LogP contribution in [0.4, 0.5) is 4.79 Å². The van der Waals surface area contributed by atoms with Gasteiger partial charge in [0.15, 0.2) is 0 Å². The zero-order chi connectivity index (χ0) is 19.9. The van der Waals surface area contributed by atoms with Gasteiger partial charge in [0, 0.05) is 31.9 Å². The molecule has 28 heavy (non-hydrogen) atoms. The molecule has 146 valence electrons. The molecule has 1 aromatic carbocycles. The summed E-state index contributed by atoms with van der Waals surface area (Å²) in [6.07, 6.45) is 1.64. The molecule has 0 spiro atoms. The fourth-order valence-corrected chi connectivity index (χ4v) is 2.50. The van der Waals surface area contributed by atoms with Gasteiger partial charge in [-0.05, 0) is 42.8 Å². The van der Waals surface area contributed by atoms with Crippen molar-refractivity contribution in [3.05, 3.63) is 65.7 Å². The highest BCUT2D eigenvalue weighted by Crippen LogP contribution is 2.22. The van der Waals surface area contributed by atoms with Gasteiger partial charge < -0.3 is 24.2 Å². The van der Waals surface area contributed by atoms with E-state index < -0.39 is 0 Å². The zero-order valence-corrected chi connectivity index (χ0v) is 16.0. The quantitative estimate of drug-likeness (QED) is 0.672. The number of aromatic nitrogens is 2. The largest absolute Gasteiger partial charge is 0.497 e. The molecule has 8 heteroatoms. The summed E-state index contributed by atoms with van der Waals surface area (Å²) in [5.41, 5.74) is 1.58. The van der Waals surface area contributed by atoms with E-state index in [0.29, 0.717) is 36.2 Å². The third kappa shape index (κ3) is 5.23. The van der Waals surface area contributed by atoms with Crippen LogP contribution in [0.15, 0.2) is 53.2 Å². The second-order valence-corrected chi connectivity index (χ2v) is 6.22. The minimum atomic E-state index is -0.213. The first-order valence-electron chi connectivity index (χ1n) is 8.71. The van der Waals surface area contributed by atoms with E-state index in [1.54, 1.807) is 44.6 Å². The summed E-state index contributed by atoms with van der Waals surface area (Å²) in [6.45, 7) is 2.53. The van der Waals surface area contributed by atoms with Crippen LogP contribution in [-0.2, 0) is 13.1 Å². The number of pyridine rings is 1. The Bertz CT molecular complexity index is 924. The summed E-state index contributed by atoms with van der Waals surface area (Å²) in [5.74, 6) is 2.56. The number of amides is 2. The first-order valence-corrected chi connectivity index (χ1v) is 8.71. The summed E-state index contributed by atoms with van der Waals surface area (Å²) < 4.78 is 15.9. The van der Waals surface area contributed by atoms with E-state index >= 15 is 0 Å². The molecule has 0 atom stereocenters. The van der Waals surface area contributed by atoms with Gasteiger partial charge in [-0.1, -0.05) is 5.16 Å². The van der Waals surface area contributed by atoms with Crippen LogP contribution in [0, 0.1) is 6.92 Å². The normalized spacial score (nSPS) is 10.4. The molecule has 0 aliphatic rings. The summed E-state index contributed by atoms with van der Waals surface area (Å²) in [5, 5.41) is 6.75. The number of carbonyl (C=O) groups excluding carboxylic acids is 1. The van der Waals surface area contributed by atoms with E-state index in [1.165, 1.54) is 4.90 Å². The average Bonchev–Trinajstić information content (AvgIpc) is 3.11. The smallest absolute Gasteiger partial charge is 0.317 e. The van der Waals surface area contributed by atoms with Crippen molar-refractivity contribution in [1.29, 1.82) is 0 Å². The van der Waals surface area contributed by atoms with Gasteiger partial charge in [0.1, 0.15) is 23.0 Å². The molecule has 0 saturated carbocycles. The topological polar surface area (TPSA) is 89.7 Å². The standard InChI is InChI=1S/C20H22N4O4/c1-14-10-16(23-28-14)13-24(2)20(25)22-12-15-8-9-21-19(11-15)27-18-6-4-17(26-3)5-7-18/h4-11H,12-13H2,1-3H3,(H,22,25). The van der Waals surface area contributed by atoms with E-state index in [-0.39, 0.29) is 6.03 Å². The lowest BCUT2D eigenvalue weighted by molar-refractivity contribution is 0.205. The fraction of sp³-hybridized carbons (Fsp3) is 0.250. The summed E-state index contributed by atoms with van der Waals surface area (Å²) in [6, 6.07) is 12.4. The van der Waals surface area contributed by atoms with Crippen LogP contribution in [-0.4, -0.2) is 35.2 Å². The number of hydrogen-bond acceptors (Lipinski definition) is 6. The van der Waals surface area contributed by atoms with E-state index in [1.807, 2.05) is 25.1 Å². The maximum atomic E-state index is 12.3. The maximum absolute atomic E-state index is 12.3. The van der Waals surface area contributed by atoms with Crippen LogP contribution in [0.2, 0.25) is 0 Å². The van der Waals surface area contributed by atoms with Crippen molar-refractivity contribution >= 4 is 6.03 Å². The van der Waals surface area contributed by atoms with E-state index in [9.17, 15) is 4.79 Å². The molecule has 2 heterocycles. The third-order valence-corrected chi connectivity index (χ3v) is 3.95. The molecule has 0 aliphatic heterocycles. The molecule has 2 aromatic heterocycles. The van der Waals surface area contributed by atoms with Crippen LogP contribution in [0.25, 0.3) is 0 Å². The van der Waals surface area contributed by atoms with Crippen LogP contribution in [0.3, 0.4) is 0 Å². The molecule has 0 saturated heterocycles. The number of carbonyl (C=O) groups is 1. The number of ether oxygens (including phenoxy) is 2. The predicted octanol–water partition coefficient (Wildman–Crippen LogP) is 3.52. The van der Waals surface area contributed by atoms with Crippen LogP contribution < -0.4 is 14.8 Å². The molecule has 0 aliphatic carbocycles. The van der Waals surface area contributed by atoms with Crippen molar-refractivity contribution in [1.82, 2.24) is 20.4 Å². The number of aryl methyl sites for hydroxylation is 1. The Morgan fingerprint density at radius 3 is 2.61 bits per heavy atom. The van der Waals surface area contributed by atoms with Crippen LogP contribution in [0.1, 0.15) is 17.0 Å². The number of nitrogens with zero attached hydrogens (tertiary/aromatic N) is 3. The van der Waals surface area contributed by atoms with E-state index in [0.717, 1.165) is 11.3 Å². The van der Waals surface area contributed by atoms with E-state index in [4.69, 9.17) is 14.0 Å². The van der Waals surface area contributed by atoms with Gasteiger partial charge in [0.05, 0.1) is 13.7 Å². The number of benzene rings is 1. The molecular weight excluding hydrogens is 360 g/mol. The third-order valence-electron chi connectivity index (χ3n) is 3.95. The van der Waals surface area contributed by atoms with Crippen LogP contribution in [0.5, 0.6) is 17.4 Å². The van der Waals surface area contributed by atoms with Gasteiger partial charge >= 0.3 is 6.03 Å². The highest BCUT2D eigenvalue weighted by atomic mass is 16.5. The highest BCUT2D eigenvalue weighted by molar-refractivity contribution is 5.73. The van der Waals surface area contributed by atoms with Crippen molar-refractivity contribution in [2.75, 3.05) is 14.2 Å². The lowest BCUT2D eigenvalue weighted by Crippen LogP contribution is -2.36. The maximum Gasteiger partial charge on any atom is 0.317 e. The van der Waals surface area contributed by atoms with Gasteiger partial charge in [0.2, 0.25) is 5.88 Å². The minimum Gasteiger partial charge on any atom is -0.497 e. The van der Waals surface area contributed by atoms with Crippen molar-refractivity contribution < 1.29 is 18.8 Å². The van der Waals surface area contributed by atoms with Gasteiger partial charge in [-0.25, -0.2) is 9.78 Å². The molecule has 3 rings (SSSR count). The zero-order valence-electron chi connectivity index (χ0n) is 16.0. The molecule has 0 radical (unpaired) electrons. The second-order valence-electron chi connectivity index (χ2n) is 6.22. The Balaban J connectivity index is 1.54. The summed E-state index contributed by atoms with van der Waals surface area (Å²) in [7, 11) is 3.31. The lowest BCUT2D eigenvalue weighted by Gasteiger charge is -2.16. The second kappa shape index (κ2) is 8.90. The molecular formula is C20H22N4O4. The van der Waals surface area contributed by atoms with Gasteiger partial charge in [0.25, 0.3) is 0 Å². The van der Waals surface area contributed by atoms with Crippen molar-refractivity contribution in [2.45, 2.75) is 20.0 Å². The van der Waals surface area contributed by atoms with Crippen molar-refractivity contribution in [3.8, 4) is 17.4 Å². The molecule has 8 nitrogen and oxygen atoms in total. The first-order chi connectivity index (χ1) is 13.5.